The third-order valence-electron chi connectivity index (χ3n) is 2.58. The zero-order valence-electron chi connectivity index (χ0n) is 10.5. The molecular formula is C12H14N4O2S. The Kier molecular flexibility index (Phi) is 4.18. The molecule has 0 radical (unpaired) electrons. The first-order valence-electron chi connectivity index (χ1n) is 5.89. The van der Waals surface area contributed by atoms with Crippen LogP contribution in [0.25, 0.3) is 10.6 Å². The van der Waals surface area contributed by atoms with Crippen LogP contribution < -0.4 is 5.73 Å². The van der Waals surface area contributed by atoms with Gasteiger partial charge in [0.05, 0.1) is 4.92 Å². The van der Waals surface area contributed by atoms with Crippen molar-refractivity contribution in [3.05, 3.63) is 38.9 Å². The van der Waals surface area contributed by atoms with Gasteiger partial charge in [0.25, 0.3) is 5.69 Å². The van der Waals surface area contributed by atoms with Gasteiger partial charge in [-0.2, -0.15) is 0 Å². The summed E-state index contributed by atoms with van der Waals surface area (Å²) in [4.78, 5) is 10.4. The highest BCUT2D eigenvalue weighted by atomic mass is 32.1. The van der Waals surface area contributed by atoms with Crippen LogP contribution in [0, 0.1) is 17.0 Å². The van der Waals surface area contributed by atoms with Crippen molar-refractivity contribution in [1.82, 2.24) is 10.2 Å². The van der Waals surface area contributed by atoms with Gasteiger partial charge in [0.15, 0.2) is 0 Å². The summed E-state index contributed by atoms with van der Waals surface area (Å²) in [6.45, 7) is 2.44. The molecule has 0 amide bonds. The van der Waals surface area contributed by atoms with E-state index in [0.717, 1.165) is 29.0 Å². The topological polar surface area (TPSA) is 94.9 Å². The Hall–Kier alpha value is -1.86. The van der Waals surface area contributed by atoms with E-state index in [4.69, 9.17) is 5.73 Å². The van der Waals surface area contributed by atoms with E-state index in [9.17, 15) is 10.1 Å². The van der Waals surface area contributed by atoms with Crippen LogP contribution in [-0.2, 0) is 6.42 Å². The van der Waals surface area contributed by atoms with Crippen molar-refractivity contribution in [2.45, 2.75) is 19.8 Å². The molecule has 0 aliphatic rings. The zero-order valence-corrected chi connectivity index (χ0v) is 11.3. The molecule has 19 heavy (non-hydrogen) atoms. The van der Waals surface area contributed by atoms with Crippen molar-refractivity contribution in [2.75, 3.05) is 6.54 Å². The van der Waals surface area contributed by atoms with Crippen molar-refractivity contribution in [3.8, 4) is 10.6 Å². The maximum absolute atomic E-state index is 10.8. The van der Waals surface area contributed by atoms with Gasteiger partial charge >= 0.3 is 0 Å². The predicted octanol–water partition coefficient (Wildman–Crippen LogP) is 2.31. The van der Waals surface area contributed by atoms with Crippen LogP contribution in [0.5, 0.6) is 0 Å². The lowest BCUT2D eigenvalue weighted by atomic mass is 10.1. The van der Waals surface area contributed by atoms with E-state index in [1.54, 1.807) is 6.07 Å². The fourth-order valence-corrected chi connectivity index (χ4v) is 2.58. The monoisotopic (exact) mass is 278 g/mol. The highest BCUT2D eigenvalue weighted by Crippen LogP contribution is 2.28. The number of aromatic nitrogens is 2. The van der Waals surface area contributed by atoms with E-state index < -0.39 is 4.92 Å². The standard InChI is InChI=1S/C12H14N4O2S/c1-8-5-9(7-10(6-8)16(17)18)12-15-14-11(19-12)3-2-4-13/h5-7H,2-4,13H2,1H3. The van der Waals surface area contributed by atoms with Gasteiger partial charge in [-0.1, -0.05) is 11.3 Å². The zero-order chi connectivity index (χ0) is 13.8. The summed E-state index contributed by atoms with van der Waals surface area (Å²) in [5.41, 5.74) is 7.10. The molecule has 0 saturated carbocycles. The first-order valence-corrected chi connectivity index (χ1v) is 6.70. The first kappa shape index (κ1) is 13.6. The molecule has 1 aromatic heterocycles. The Labute approximate surface area is 114 Å². The average Bonchev–Trinajstić information content (AvgIpc) is 2.84. The van der Waals surface area contributed by atoms with Crippen molar-refractivity contribution >= 4 is 17.0 Å². The summed E-state index contributed by atoms with van der Waals surface area (Å²) in [5, 5.41) is 20.6. The third kappa shape index (κ3) is 3.33. The highest BCUT2D eigenvalue weighted by molar-refractivity contribution is 7.14. The molecule has 0 bridgehead atoms. The number of hydrogen-bond acceptors (Lipinski definition) is 6. The Morgan fingerprint density at radius 2 is 2.16 bits per heavy atom. The SMILES string of the molecule is Cc1cc(-c2nnc(CCCN)s2)cc([N+](=O)[O-])c1. The molecule has 2 aromatic rings. The molecule has 7 heteroatoms. The second kappa shape index (κ2) is 5.85. The maximum atomic E-state index is 10.8. The van der Waals surface area contributed by atoms with Crippen molar-refractivity contribution in [3.63, 3.8) is 0 Å². The van der Waals surface area contributed by atoms with E-state index >= 15 is 0 Å². The van der Waals surface area contributed by atoms with Crippen molar-refractivity contribution in [2.24, 2.45) is 5.73 Å². The Balaban J connectivity index is 2.30. The van der Waals surface area contributed by atoms with Gasteiger partial charge in [0.1, 0.15) is 10.0 Å². The minimum atomic E-state index is -0.396. The van der Waals surface area contributed by atoms with Crippen LogP contribution in [0.2, 0.25) is 0 Å². The lowest BCUT2D eigenvalue weighted by Gasteiger charge is -1.98. The normalized spacial score (nSPS) is 10.6. The smallest absolute Gasteiger partial charge is 0.270 e. The molecule has 0 unspecified atom stereocenters. The molecule has 0 aliphatic heterocycles. The summed E-state index contributed by atoms with van der Waals surface area (Å²) in [7, 11) is 0. The quantitative estimate of drug-likeness (QED) is 0.669. The summed E-state index contributed by atoms with van der Waals surface area (Å²) in [5.74, 6) is 0. The summed E-state index contributed by atoms with van der Waals surface area (Å²) in [6, 6.07) is 4.94. The number of non-ortho nitro benzene ring substituents is 1. The summed E-state index contributed by atoms with van der Waals surface area (Å²) in [6.07, 6.45) is 1.66. The number of nitrogens with two attached hydrogens (primary N) is 1. The average molecular weight is 278 g/mol. The second-order valence-electron chi connectivity index (χ2n) is 4.21. The van der Waals surface area contributed by atoms with Crippen LogP contribution in [0.15, 0.2) is 18.2 Å². The van der Waals surface area contributed by atoms with E-state index in [1.807, 2.05) is 13.0 Å². The lowest BCUT2D eigenvalue weighted by Crippen LogP contribution is -1.99. The molecule has 0 atom stereocenters. The number of aryl methyl sites for hydroxylation is 2. The fourth-order valence-electron chi connectivity index (χ4n) is 1.72. The largest absolute Gasteiger partial charge is 0.330 e. The van der Waals surface area contributed by atoms with Gasteiger partial charge in [-0.15, -0.1) is 10.2 Å². The maximum Gasteiger partial charge on any atom is 0.270 e. The second-order valence-corrected chi connectivity index (χ2v) is 5.27. The number of nitrogens with zero attached hydrogens (tertiary/aromatic N) is 3. The molecule has 0 saturated heterocycles. The minimum Gasteiger partial charge on any atom is -0.330 e. The molecular weight excluding hydrogens is 264 g/mol. The van der Waals surface area contributed by atoms with Crippen molar-refractivity contribution < 1.29 is 4.92 Å². The Morgan fingerprint density at radius 3 is 2.84 bits per heavy atom. The van der Waals surface area contributed by atoms with E-state index in [2.05, 4.69) is 10.2 Å². The van der Waals surface area contributed by atoms with Crippen molar-refractivity contribution in [1.29, 1.82) is 0 Å². The van der Waals surface area contributed by atoms with Crippen LogP contribution in [0.3, 0.4) is 0 Å². The van der Waals surface area contributed by atoms with Gasteiger partial charge in [-0.25, -0.2) is 0 Å². The predicted molar refractivity (Wildman–Crippen MR) is 74.1 cm³/mol. The van der Waals surface area contributed by atoms with Crippen LogP contribution in [-0.4, -0.2) is 21.7 Å². The van der Waals surface area contributed by atoms with Crippen LogP contribution >= 0.6 is 11.3 Å². The van der Waals surface area contributed by atoms with E-state index in [0.29, 0.717) is 11.6 Å². The molecule has 0 spiro atoms. The number of nitro benzene ring substituents is 1. The van der Waals surface area contributed by atoms with Crippen LogP contribution in [0.1, 0.15) is 17.0 Å². The Bertz CT molecular complexity index is 597. The highest BCUT2D eigenvalue weighted by Gasteiger charge is 2.12. The summed E-state index contributed by atoms with van der Waals surface area (Å²) >= 11 is 1.45. The lowest BCUT2D eigenvalue weighted by molar-refractivity contribution is -0.384. The molecule has 0 aliphatic carbocycles. The number of hydrogen-bond donors (Lipinski definition) is 1. The van der Waals surface area contributed by atoms with Gasteiger partial charge in [-0.05, 0) is 31.5 Å². The number of nitro groups is 1. The first-order chi connectivity index (χ1) is 9.10. The molecule has 100 valence electrons. The number of benzene rings is 1. The summed E-state index contributed by atoms with van der Waals surface area (Å²) < 4.78 is 0. The molecule has 0 fully saturated rings. The molecule has 2 N–H and O–H groups in total. The third-order valence-corrected chi connectivity index (χ3v) is 3.61. The number of rotatable bonds is 5. The van der Waals surface area contributed by atoms with Gasteiger partial charge in [0, 0.05) is 24.1 Å². The van der Waals surface area contributed by atoms with E-state index in [-0.39, 0.29) is 5.69 Å². The fraction of sp³-hybridized carbons (Fsp3) is 0.333. The minimum absolute atomic E-state index is 0.0775. The van der Waals surface area contributed by atoms with E-state index in [1.165, 1.54) is 17.4 Å². The molecule has 1 aromatic carbocycles. The molecule has 2 rings (SSSR count). The molecule has 1 heterocycles. The van der Waals surface area contributed by atoms with Gasteiger partial charge < -0.3 is 5.73 Å². The Morgan fingerprint density at radius 1 is 1.37 bits per heavy atom. The van der Waals surface area contributed by atoms with Gasteiger partial charge in [0.2, 0.25) is 0 Å². The molecule has 6 nitrogen and oxygen atoms in total. The van der Waals surface area contributed by atoms with Crippen LogP contribution in [0.4, 0.5) is 5.69 Å². The van der Waals surface area contributed by atoms with Gasteiger partial charge in [-0.3, -0.25) is 10.1 Å².